The van der Waals surface area contributed by atoms with Crippen molar-refractivity contribution in [2.45, 2.75) is 75.7 Å². The normalized spacial score (nSPS) is 32.7. The molecule has 2 aliphatic heterocycles. The van der Waals surface area contributed by atoms with Crippen molar-refractivity contribution in [3.05, 3.63) is 35.9 Å². The number of nitrogens with zero attached hydrogens (tertiary/aromatic N) is 2. The van der Waals surface area contributed by atoms with E-state index in [1.807, 2.05) is 6.07 Å². The Kier molecular flexibility index (Phi) is 6.79. The number of carbonyl (C=O) groups is 1. The van der Waals surface area contributed by atoms with Gasteiger partial charge in [0, 0.05) is 31.5 Å². The lowest BCUT2D eigenvalue weighted by Gasteiger charge is -2.43. The molecule has 2 saturated carbocycles. The SMILES string of the molecule is CC1(C2CCN(C(=O)CCCc3ccccc3)CC2)OCN=C(N[C@H]2C[C@@H]3CC[C@H]2C3)S1. The van der Waals surface area contributed by atoms with Crippen LogP contribution in [-0.2, 0) is 16.0 Å². The van der Waals surface area contributed by atoms with Crippen molar-refractivity contribution in [2.75, 3.05) is 19.8 Å². The fraction of sp³-hybridized carbons (Fsp3) is 0.692. The minimum atomic E-state index is -0.246. The number of thioether (sulfide) groups is 1. The highest BCUT2D eigenvalue weighted by atomic mass is 32.2. The van der Waals surface area contributed by atoms with Crippen LogP contribution < -0.4 is 5.32 Å². The molecule has 0 radical (unpaired) electrons. The highest BCUT2D eigenvalue weighted by molar-refractivity contribution is 8.14. The van der Waals surface area contributed by atoms with Crippen LogP contribution >= 0.6 is 11.8 Å². The van der Waals surface area contributed by atoms with E-state index in [4.69, 9.17) is 4.74 Å². The summed E-state index contributed by atoms with van der Waals surface area (Å²) in [5.74, 6) is 2.53. The van der Waals surface area contributed by atoms with Gasteiger partial charge in [-0.1, -0.05) is 48.5 Å². The average Bonchev–Trinajstić information content (AvgIpc) is 3.43. The summed E-state index contributed by atoms with van der Waals surface area (Å²) in [4.78, 5) is 19.2. The molecule has 32 heavy (non-hydrogen) atoms. The Labute approximate surface area is 196 Å². The van der Waals surface area contributed by atoms with Crippen molar-refractivity contribution in [1.29, 1.82) is 0 Å². The van der Waals surface area contributed by atoms with Crippen LogP contribution in [0.2, 0.25) is 0 Å². The number of nitrogens with one attached hydrogen (secondary N) is 1. The number of fused-ring (bicyclic) bond motifs is 2. The van der Waals surface area contributed by atoms with Crippen LogP contribution in [0.15, 0.2) is 35.3 Å². The van der Waals surface area contributed by atoms with Gasteiger partial charge in [-0.3, -0.25) is 4.79 Å². The Hall–Kier alpha value is -1.53. The number of ether oxygens (including phenoxy) is 1. The number of rotatable bonds is 6. The number of benzene rings is 1. The Balaban J connectivity index is 1.07. The molecule has 1 unspecified atom stereocenters. The van der Waals surface area contributed by atoms with Crippen LogP contribution in [0.4, 0.5) is 0 Å². The number of amidine groups is 1. The molecule has 0 aromatic heterocycles. The van der Waals surface area contributed by atoms with Gasteiger partial charge in [0.25, 0.3) is 0 Å². The highest BCUT2D eigenvalue weighted by Gasteiger charge is 2.44. The predicted octanol–water partition coefficient (Wildman–Crippen LogP) is 4.82. The number of aryl methyl sites for hydroxylation is 1. The first kappa shape index (κ1) is 22.3. The second-order valence-corrected chi connectivity index (χ2v) is 11.7. The number of hydrogen-bond acceptors (Lipinski definition) is 5. The number of hydrogen-bond donors (Lipinski definition) is 1. The van der Waals surface area contributed by atoms with Gasteiger partial charge in [-0.15, -0.1) is 0 Å². The molecule has 5 rings (SSSR count). The molecule has 1 aromatic carbocycles. The molecule has 3 fully saturated rings. The summed E-state index contributed by atoms with van der Waals surface area (Å²) in [5.41, 5.74) is 1.31. The third-order valence-electron chi connectivity index (χ3n) is 8.19. The Morgan fingerprint density at radius 3 is 2.72 bits per heavy atom. The molecule has 4 atom stereocenters. The monoisotopic (exact) mass is 455 g/mol. The summed E-state index contributed by atoms with van der Waals surface area (Å²) in [6, 6.07) is 11.1. The third kappa shape index (κ3) is 5.01. The molecule has 1 N–H and O–H groups in total. The van der Waals surface area contributed by atoms with Gasteiger partial charge in [0.2, 0.25) is 5.91 Å². The van der Waals surface area contributed by atoms with Crippen LogP contribution in [-0.4, -0.2) is 46.8 Å². The number of piperidine rings is 1. The van der Waals surface area contributed by atoms with Gasteiger partial charge in [0.05, 0.1) is 0 Å². The van der Waals surface area contributed by atoms with E-state index in [1.54, 1.807) is 11.8 Å². The summed E-state index contributed by atoms with van der Waals surface area (Å²) in [5, 5.41) is 4.85. The van der Waals surface area contributed by atoms with Gasteiger partial charge < -0.3 is 15.0 Å². The first-order chi connectivity index (χ1) is 15.6. The van der Waals surface area contributed by atoms with E-state index < -0.39 is 0 Å². The van der Waals surface area contributed by atoms with Gasteiger partial charge in [-0.05, 0) is 69.3 Å². The van der Waals surface area contributed by atoms with E-state index in [0.29, 0.717) is 31.0 Å². The lowest BCUT2D eigenvalue weighted by atomic mass is 9.91. The van der Waals surface area contributed by atoms with Gasteiger partial charge in [0.1, 0.15) is 11.7 Å². The van der Waals surface area contributed by atoms with Crippen molar-refractivity contribution in [3.8, 4) is 0 Å². The smallest absolute Gasteiger partial charge is 0.222 e. The topological polar surface area (TPSA) is 53.9 Å². The lowest BCUT2D eigenvalue weighted by molar-refractivity contribution is -0.133. The van der Waals surface area contributed by atoms with E-state index >= 15 is 0 Å². The third-order valence-corrected chi connectivity index (χ3v) is 9.49. The second kappa shape index (κ2) is 9.76. The quantitative estimate of drug-likeness (QED) is 0.668. The van der Waals surface area contributed by atoms with Crippen LogP contribution in [0.1, 0.15) is 63.9 Å². The lowest BCUT2D eigenvalue weighted by Crippen LogP contribution is -2.49. The van der Waals surface area contributed by atoms with Gasteiger partial charge in [0.15, 0.2) is 5.17 Å². The van der Waals surface area contributed by atoms with Gasteiger partial charge >= 0.3 is 0 Å². The first-order valence-electron chi connectivity index (χ1n) is 12.5. The summed E-state index contributed by atoms with van der Waals surface area (Å²) in [7, 11) is 0. The molecule has 2 aliphatic carbocycles. The van der Waals surface area contributed by atoms with E-state index in [-0.39, 0.29) is 4.93 Å². The van der Waals surface area contributed by atoms with Crippen LogP contribution in [0.5, 0.6) is 0 Å². The molecule has 6 heteroatoms. The number of aliphatic imine (C=N–C) groups is 1. The Morgan fingerprint density at radius 2 is 2.00 bits per heavy atom. The maximum absolute atomic E-state index is 12.7. The standard InChI is InChI=1S/C26H37N3O2S/c1-26(31-18-27-25(32-26)28-23-17-20-10-11-21(23)16-20)22-12-14-29(15-13-22)24(30)9-5-8-19-6-3-2-4-7-19/h2-4,6-7,20-23H,5,8-18H2,1H3,(H,27,28)/t20-,21+,23+,26?/m1/s1. The van der Waals surface area contributed by atoms with Crippen molar-refractivity contribution in [3.63, 3.8) is 0 Å². The van der Waals surface area contributed by atoms with Crippen molar-refractivity contribution in [2.24, 2.45) is 22.7 Å². The molecule has 1 saturated heterocycles. The molecule has 1 aromatic rings. The van der Waals surface area contributed by atoms with Crippen LogP contribution in [0, 0.1) is 17.8 Å². The molecular formula is C26H37N3O2S. The zero-order valence-electron chi connectivity index (χ0n) is 19.3. The van der Waals surface area contributed by atoms with Crippen molar-refractivity contribution in [1.82, 2.24) is 10.2 Å². The molecule has 174 valence electrons. The van der Waals surface area contributed by atoms with Crippen molar-refractivity contribution < 1.29 is 9.53 Å². The fourth-order valence-corrected chi connectivity index (χ4v) is 7.45. The zero-order valence-corrected chi connectivity index (χ0v) is 20.1. The molecule has 0 spiro atoms. The molecular weight excluding hydrogens is 418 g/mol. The van der Waals surface area contributed by atoms with Crippen LogP contribution in [0.3, 0.4) is 0 Å². The maximum atomic E-state index is 12.7. The molecule has 4 aliphatic rings. The highest BCUT2D eigenvalue weighted by Crippen LogP contribution is 2.46. The Morgan fingerprint density at radius 1 is 1.19 bits per heavy atom. The fourth-order valence-electron chi connectivity index (χ4n) is 6.23. The largest absolute Gasteiger partial charge is 0.362 e. The zero-order chi connectivity index (χ0) is 22.0. The molecule has 2 heterocycles. The van der Waals surface area contributed by atoms with Crippen LogP contribution in [0.25, 0.3) is 0 Å². The summed E-state index contributed by atoms with van der Waals surface area (Å²) in [6.07, 6.45) is 10.1. The Bertz CT molecular complexity index is 824. The van der Waals surface area contributed by atoms with E-state index in [0.717, 1.165) is 55.8 Å². The van der Waals surface area contributed by atoms with E-state index in [1.165, 1.54) is 31.2 Å². The summed E-state index contributed by atoms with van der Waals surface area (Å²) < 4.78 is 6.20. The minimum Gasteiger partial charge on any atom is -0.362 e. The molecule has 1 amide bonds. The van der Waals surface area contributed by atoms with Gasteiger partial charge in [-0.2, -0.15) is 0 Å². The second-order valence-electron chi connectivity index (χ2n) is 10.3. The van der Waals surface area contributed by atoms with Gasteiger partial charge in [-0.25, -0.2) is 4.99 Å². The van der Waals surface area contributed by atoms with E-state index in [9.17, 15) is 4.79 Å². The minimum absolute atomic E-state index is 0.246. The molecule has 2 bridgehead atoms. The summed E-state index contributed by atoms with van der Waals surface area (Å²) in [6.45, 7) is 4.38. The first-order valence-corrected chi connectivity index (χ1v) is 13.4. The predicted molar refractivity (Wildman–Crippen MR) is 130 cm³/mol. The number of amides is 1. The van der Waals surface area contributed by atoms with Crippen molar-refractivity contribution >= 4 is 22.8 Å². The number of likely N-dealkylation sites (tertiary alicyclic amines) is 1. The van der Waals surface area contributed by atoms with E-state index in [2.05, 4.69) is 46.4 Å². The summed E-state index contributed by atoms with van der Waals surface area (Å²) >= 11 is 1.79. The maximum Gasteiger partial charge on any atom is 0.222 e. The number of carbonyl (C=O) groups excluding carboxylic acids is 1. The average molecular weight is 456 g/mol. The molecule has 5 nitrogen and oxygen atoms in total.